The van der Waals surface area contributed by atoms with Gasteiger partial charge >= 0.3 is 0 Å². The number of nitrogens with one attached hydrogen (secondary N) is 2. The third-order valence-corrected chi connectivity index (χ3v) is 5.33. The summed E-state index contributed by atoms with van der Waals surface area (Å²) in [4.78, 5) is 25.5. The van der Waals surface area contributed by atoms with Crippen LogP contribution in [0.15, 0.2) is 60.0 Å². The smallest absolute Gasteiger partial charge is 0.228 e. The first kappa shape index (κ1) is 21.4. The first-order chi connectivity index (χ1) is 14.6. The van der Waals surface area contributed by atoms with Gasteiger partial charge in [-0.15, -0.1) is 11.3 Å². The third kappa shape index (κ3) is 6.09. The van der Waals surface area contributed by atoms with E-state index in [0.29, 0.717) is 30.2 Å². The second-order valence-electron chi connectivity index (χ2n) is 6.64. The Morgan fingerprint density at radius 1 is 0.867 bits per heavy atom. The van der Waals surface area contributed by atoms with Gasteiger partial charge in [0.05, 0.1) is 33.6 Å². The minimum absolute atomic E-state index is 0.0337. The quantitative estimate of drug-likeness (QED) is 0.548. The summed E-state index contributed by atoms with van der Waals surface area (Å²) in [5, 5.41) is 7.76. The van der Waals surface area contributed by atoms with Crippen molar-refractivity contribution in [3.05, 3.63) is 76.0 Å². The van der Waals surface area contributed by atoms with Gasteiger partial charge in [0.1, 0.15) is 0 Å². The van der Waals surface area contributed by atoms with Crippen LogP contribution in [0, 0.1) is 0 Å². The molecule has 30 heavy (non-hydrogen) atoms. The highest BCUT2D eigenvalue weighted by molar-refractivity contribution is 7.09. The van der Waals surface area contributed by atoms with Crippen LogP contribution in [0.25, 0.3) is 0 Å². The van der Waals surface area contributed by atoms with Gasteiger partial charge in [-0.1, -0.05) is 24.3 Å². The standard InChI is InChI=1S/C23H24N2O4S/c1-28-20-10-7-17(12-21(20)29-2)14-23(27)25-18-8-5-16(6-9-18)13-22(26)24-15-19-4-3-11-30-19/h3-12H,13-15H2,1-2H3,(H,24,26)(H,25,27). The molecule has 0 aliphatic rings. The molecule has 0 aliphatic carbocycles. The van der Waals surface area contributed by atoms with Crippen molar-refractivity contribution >= 4 is 28.8 Å². The molecule has 0 aliphatic heterocycles. The monoisotopic (exact) mass is 424 g/mol. The number of hydrogen-bond donors (Lipinski definition) is 2. The minimum Gasteiger partial charge on any atom is -0.493 e. The van der Waals surface area contributed by atoms with Gasteiger partial charge in [-0.25, -0.2) is 0 Å². The van der Waals surface area contributed by atoms with E-state index in [9.17, 15) is 9.59 Å². The van der Waals surface area contributed by atoms with Crippen LogP contribution in [0.1, 0.15) is 16.0 Å². The Morgan fingerprint density at radius 3 is 2.23 bits per heavy atom. The number of thiophene rings is 1. The number of anilines is 1. The molecule has 2 N–H and O–H groups in total. The lowest BCUT2D eigenvalue weighted by Crippen LogP contribution is -2.24. The van der Waals surface area contributed by atoms with Gasteiger partial charge in [-0.05, 0) is 46.8 Å². The summed E-state index contributed by atoms with van der Waals surface area (Å²) in [5.41, 5.74) is 2.39. The molecule has 2 aromatic carbocycles. The van der Waals surface area contributed by atoms with Crippen molar-refractivity contribution in [2.75, 3.05) is 19.5 Å². The van der Waals surface area contributed by atoms with Crippen molar-refractivity contribution in [3.63, 3.8) is 0 Å². The van der Waals surface area contributed by atoms with Crippen LogP contribution >= 0.6 is 11.3 Å². The Balaban J connectivity index is 1.50. The van der Waals surface area contributed by atoms with Crippen molar-refractivity contribution in [3.8, 4) is 11.5 Å². The van der Waals surface area contributed by atoms with Gasteiger partial charge in [0.25, 0.3) is 0 Å². The summed E-state index contributed by atoms with van der Waals surface area (Å²) in [6.45, 7) is 0.542. The van der Waals surface area contributed by atoms with E-state index < -0.39 is 0 Å². The Bertz CT molecular complexity index is 985. The van der Waals surface area contributed by atoms with Crippen molar-refractivity contribution in [2.24, 2.45) is 0 Å². The van der Waals surface area contributed by atoms with Gasteiger partial charge in [-0.3, -0.25) is 9.59 Å². The van der Waals surface area contributed by atoms with Crippen LogP contribution in [0.4, 0.5) is 5.69 Å². The zero-order chi connectivity index (χ0) is 21.3. The normalized spacial score (nSPS) is 10.3. The Hall–Kier alpha value is -3.32. The third-order valence-electron chi connectivity index (χ3n) is 4.45. The fourth-order valence-corrected chi connectivity index (χ4v) is 3.58. The first-order valence-electron chi connectivity index (χ1n) is 9.46. The van der Waals surface area contributed by atoms with E-state index in [4.69, 9.17) is 9.47 Å². The number of amides is 2. The minimum atomic E-state index is -0.135. The van der Waals surface area contributed by atoms with Crippen molar-refractivity contribution < 1.29 is 19.1 Å². The van der Waals surface area contributed by atoms with E-state index in [2.05, 4.69) is 10.6 Å². The van der Waals surface area contributed by atoms with Crippen LogP contribution in [-0.2, 0) is 29.0 Å². The number of ether oxygens (including phenoxy) is 2. The average Bonchev–Trinajstić information content (AvgIpc) is 3.27. The Labute approximate surface area is 179 Å². The highest BCUT2D eigenvalue weighted by Crippen LogP contribution is 2.27. The molecule has 6 nitrogen and oxygen atoms in total. The van der Waals surface area contributed by atoms with E-state index in [1.165, 1.54) is 0 Å². The number of benzene rings is 2. The maximum absolute atomic E-state index is 12.4. The van der Waals surface area contributed by atoms with Gasteiger partial charge < -0.3 is 20.1 Å². The molecule has 1 heterocycles. The molecular formula is C23H24N2O4S. The SMILES string of the molecule is COc1ccc(CC(=O)Nc2ccc(CC(=O)NCc3cccs3)cc2)cc1OC. The van der Waals surface area contributed by atoms with Crippen molar-refractivity contribution in [1.29, 1.82) is 0 Å². The molecule has 2 amide bonds. The van der Waals surface area contributed by atoms with Crippen LogP contribution < -0.4 is 20.1 Å². The second-order valence-corrected chi connectivity index (χ2v) is 7.68. The average molecular weight is 425 g/mol. The summed E-state index contributed by atoms with van der Waals surface area (Å²) in [7, 11) is 3.13. The maximum atomic E-state index is 12.4. The topological polar surface area (TPSA) is 76.7 Å². The highest BCUT2D eigenvalue weighted by Gasteiger charge is 2.09. The molecule has 0 atom stereocenters. The molecule has 1 aromatic heterocycles. The predicted molar refractivity (Wildman–Crippen MR) is 118 cm³/mol. The maximum Gasteiger partial charge on any atom is 0.228 e. The molecule has 0 radical (unpaired) electrons. The molecule has 7 heteroatoms. The highest BCUT2D eigenvalue weighted by atomic mass is 32.1. The number of rotatable bonds is 9. The number of methoxy groups -OCH3 is 2. The van der Waals surface area contributed by atoms with Gasteiger partial charge in [-0.2, -0.15) is 0 Å². The number of carbonyl (C=O) groups excluding carboxylic acids is 2. The second kappa shape index (κ2) is 10.5. The van der Waals surface area contributed by atoms with Gasteiger partial charge in [0.2, 0.25) is 11.8 Å². The zero-order valence-corrected chi connectivity index (χ0v) is 17.8. The lowest BCUT2D eigenvalue weighted by molar-refractivity contribution is -0.120. The number of carbonyl (C=O) groups is 2. The Morgan fingerprint density at radius 2 is 1.57 bits per heavy atom. The Kier molecular flexibility index (Phi) is 7.45. The zero-order valence-electron chi connectivity index (χ0n) is 16.9. The van der Waals surface area contributed by atoms with E-state index in [1.807, 2.05) is 35.7 Å². The van der Waals surface area contributed by atoms with Crippen molar-refractivity contribution in [2.45, 2.75) is 19.4 Å². The summed E-state index contributed by atoms with van der Waals surface area (Å²) >= 11 is 1.61. The van der Waals surface area contributed by atoms with E-state index in [-0.39, 0.29) is 18.2 Å². The molecule has 0 spiro atoms. The molecule has 3 aromatic rings. The van der Waals surface area contributed by atoms with Gasteiger partial charge in [0, 0.05) is 10.6 Å². The molecule has 0 saturated heterocycles. The predicted octanol–water partition coefficient (Wildman–Crippen LogP) is 3.81. The summed E-state index contributed by atoms with van der Waals surface area (Å²) in [6, 6.07) is 16.6. The molecule has 0 bridgehead atoms. The molecular weight excluding hydrogens is 400 g/mol. The largest absolute Gasteiger partial charge is 0.493 e. The molecule has 0 saturated carbocycles. The van der Waals surface area contributed by atoms with Crippen LogP contribution in [0.5, 0.6) is 11.5 Å². The first-order valence-corrected chi connectivity index (χ1v) is 10.3. The molecule has 0 fully saturated rings. The van der Waals surface area contributed by atoms with E-state index in [1.54, 1.807) is 49.8 Å². The summed E-state index contributed by atoms with van der Waals surface area (Å²) < 4.78 is 10.5. The van der Waals surface area contributed by atoms with Crippen molar-refractivity contribution in [1.82, 2.24) is 5.32 Å². The number of hydrogen-bond acceptors (Lipinski definition) is 5. The summed E-state index contributed by atoms with van der Waals surface area (Å²) in [6.07, 6.45) is 0.512. The van der Waals surface area contributed by atoms with E-state index in [0.717, 1.165) is 16.0 Å². The molecule has 3 rings (SSSR count). The lowest BCUT2D eigenvalue weighted by Gasteiger charge is -2.10. The van der Waals surface area contributed by atoms with Crippen LogP contribution in [-0.4, -0.2) is 26.0 Å². The van der Waals surface area contributed by atoms with Crippen LogP contribution in [0.3, 0.4) is 0 Å². The van der Waals surface area contributed by atoms with E-state index >= 15 is 0 Å². The van der Waals surface area contributed by atoms with Gasteiger partial charge in [0.15, 0.2) is 11.5 Å². The fourth-order valence-electron chi connectivity index (χ4n) is 2.93. The lowest BCUT2D eigenvalue weighted by atomic mass is 10.1. The molecule has 156 valence electrons. The summed E-state index contributed by atoms with van der Waals surface area (Å²) in [5.74, 6) is 1.04. The molecule has 0 unspecified atom stereocenters. The fraction of sp³-hybridized carbons (Fsp3) is 0.217. The van der Waals surface area contributed by atoms with Crippen LogP contribution in [0.2, 0.25) is 0 Å².